The zero-order chi connectivity index (χ0) is 55.1. The lowest BCUT2D eigenvalue weighted by atomic mass is 10.00. The predicted molar refractivity (Wildman–Crippen MR) is 334 cm³/mol. The molecule has 0 aliphatic rings. The molecule has 0 bridgehead atoms. The molecule has 6 nitrogen and oxygen atoms in total. The zero-order valence-corrected chi connectivity index (χ0v) is 51.5. The van der Waals surface area contributed by atoms with Crippen molar-refractivity contribution in [3.05, 3.63) is 24.3 Å². The van der Waals surface area contributed by atoms with Gasteiger partial charge in [0.05, 0.1) is 18.8 Å². The minimum Gasteiger partial charge on any atom is -0.394 e. The van der Waals surface area contributed by atoms with E-state index < -0.39 is 36.9 Å². The first kappa shape index (κ1) is 74.8. The third-order valence-electron chi connectivity index (χ3n) is 16.6. The van der Waals surface area contributed by atoms with E-state index in [0.717, 1.165) is 38.5 Å². The molecule has 0 saturated heterocycles. The number of carbonyl (C=O) groups excluding carboxylic acids is 1. The van der Waals surface area contributed by atoms with E-state index in [1.165, 1.54) is 321 Å². The van der Waals surface area contributed by atoms with Crippen LogP contribution in [0.4, 0.5) is 0 Å². The molecule has 0 aromatic carbocycles. The fraction of sp³-hybridized carbons (Fsp3) is 0.929. The van der Waals surface area contributed by atoms with Crippen LogP contribution in [0.5, 0.6) is 0 Å². The molecule has 0 aromatic heterocycles. The Morgan fingerprint density at radius 2 is 0.539 bits per heavy atom. The summed E-state index contributed by atoms with van der Waals surface area (Å²) in [6.45, 7) is 4.10. The van der Waals surface area contributed by atoms with Gasteiger partial charge in [0.25, 0.3) is 0 Å². The molecule has 4 atom stereocenters. The van der Waals surface area contributed by atoms with E-state index in [0.29, 0.717) is 12.8 Å². The first-order chi connectivity index (χ1) is 37.5. The lowest BCUT2D eigenvalue weighted by Gasteiger charge is -2.27. The smallest absolute Gasteiger partial charge is 0.249 e. The Bertz CT molecular complexity index is 1160. The van der Waals surface area contributed by atoms with Gasteiger partial charge in [0.2, 0.25) is 5.91 Å². The summed E-state index contributed by atoms with van der Waals surface area (Å²) in [7, 11) is 0. The average Bonchev–Trinajstić information content (AvgIpc) is 3.42. The molecule has 1 amide bonds. The number of hydrogen-bond donors (Lipinski definition) is 5. The highest BCUT2D eigenvalue weighted by molar-refractivity contribution is 5.80. The van der Waals surface area contributed by atoms with Crippen LogP contribution < -0.4 is 5.32 Å². The van der Waals surface area contributed by atoms with E-state index in [4.69, 9.17) is 0 Å². The fourth-order valence-electron chi connectivity index (χ4n) is 11.2. The SMILES string of the molecule is CCCCCCCCCCCCCC/C=C\CCCCCCCCCCCCCCCCCCC(O)C(=O)NC(CO)C(O)C(O)CCC/C=C/CCCCCCCCCCCCCCCCCCCCCCCCC. The molecule has 0 radical (unpaired) electrons. The van der Waals surface area contributed by atoms with Gasteiger partial charge in [-0.2, -0.15) is 0 Å². The van der Waals surface area contributed by atoms with Gasteiger partial charge in [-0.3, -0.25) is 4.79 Å². The summed E-state index contributed by atoms with van der Waals surface area (Å²) >= 11 is 0. The van der Waals surface area contributed by atoms with Gasteiger partial charge in [-0.05, 0) is 64.2 Å². The molecule has 0 fully saturated rings. The van der Waals surface area contributed by atoms with E-state index >= 15 is 0 Å². The molecule has 0 heterocycles. The summed E-state index contributed by atoms with van der Waals surface area (Å²) in [5, 5.41) is 44.2. The number of allylic oxidation sites excluding steroid dienone is 4. The maximum Gasteiger partial charge on any atom is 0.249 e. The summed E-state index contributed by atoms with van der Waals surface area (Å²) in [6, 6.07) is -1.00. The summed E-state index contributed by atoms with van der Waals surface area (Å²) in [4.78, 5) is 12.7. The van der Waals surface area contributed by atoms with Gasteiger partial charge < -0.3 is 25.7 Å². The summed E-state index contributed by atoms with van der Waals surface area (Å²) in [6.07, 6.45) is 81.6. The van der Waals surface area contributed by atoms with Gasteiger partial charge in [-0.25, -0.2) is 0 Å². The van der Waals surface area contributed by atoms with E-state index in [1.54, 1.807) is 0 Å². The molecule has 0 rings (SSSR count). The first-order valence-electron chi connectivity index (χ1n) is 34.7. The van der Waals surface area contributed by atoms with Crippen LogP contribution in [0.25, 0.3) is 0 Å². The molecule has 0 aromatic rings. The molecule has 5 N–H and O–H groups in total. The summed E-state index contributed by atoms with van der Waals surface area (Å²) in [5.41, 5.74) is 0. The topological polar surface area (TPSA) is 110 Å². The largest absolute Gasteiger partial charge is 0.394 e. The standard InChI is InChI=1S/C70H137NO5/c1-3-5-7-9-11-13-15-17-19-21-23-25-27-29-31-33-34-35-36-38-40-42-44-46-48-50-52-54-56-58-60-62-64-68(74)70(76)71-66(65-72)69(75)67(73)63-61-59-57-55-53-51-49-47-45-43-41-39-37-32-30-28-26-24-22-20-18-16-14-12-10-8-6-4-2/h29,31,55,57,66-69,72-75H,3-28,30,32-54,56,58-65H2,1-2H3,(H,71,76)/b31-29-,57-55+. The molecule has 6 heteroatoms. The Morgan fingerprint density at radius 1 is 0.316 bits per heavy atom. The van der Waals surface area contributed by atoms with Gasteiger partial charge in [0.15, 0.2) is 0 Å². The lowest BCUT2D eigenvalue weighted by Crippen LogP contribution is -2.53. The van der Waals surface area contributed by atoms with Crippen molar-refractivity contribution in [2.75, 3.05) is 6.61 Å². The number of nitrogens with one attached hydrogen (secondary N) is 1. The van der Waals surface area contributed by atoms with E-state index in [9.17, 15) is 25.2 Å². The van der Waals surface area contributed by atoms with Gasteiger partial charge >= 0.3 is 0 Å². The van der Waals surface area contributed by atoms with Gasteiger partial charge in [-0.1, -0.05) is 346 Å². The third-order valence-corrected chi connectivity index (χ3v) is 16.6. The van der Waals surface area contributed by atoms with Crippen molar-refractivity contribution >= 4 is 5.91 Å². The maximum absolute atomic E-state index is 12.7. The Hall–Kier alpha value is -1.21. The number of amides is 1. The Morgan fingerprint density at radius 3 is 0.789 bits per heavy atom. The van der Waals surface area contributed by atoms with Crippen LogP contribution >= 0.6 is 0 Å². The molecule has 0 saturated carbocycles. The third kappa shape index (κ3) is 57.5. The van der Waals surface area contributed by atoms with Crippen molar-refractivity contribution in [1.29, 1.82) is 0 Å². The molecule has 452 valence electrons. The Kier molecular flexibility index (Phi) is 63.6. The van der Waals surface area contributed by atoms with E-state index in [-0.39, 0.29) is 0 Å². The second kappa shape index (κ2) is 64.6. The molecule has 0 aliphatic carbocycles. The second-order valence-electron chi connectivity index (χ2n) is 24.2. The van der Waals surface area contributed by atoms with Crippen molar-refractivity contribution in [3.8, 4) is 0 Å². The predicted octanol–water partition coefficient (Wildman–Crippen LogP) is 21.3. The van der Waals surface area contributed by atoms with Crippen LogP contribution in [-0.4, -0.2) is 57.3 Å². The molecular weight excluding hydrogens is 935 g/mol. The van der Waals surface area contributed by atoms with Crippen LogP contribution in [0.3, 0.4) is 0 Å². The zero-order valence-electron chi connectivity index (χ0n) is 51.5. The maximum atomic E-state index is 12.7. The molecule has 4 unspecified atom stereocenters. The fourth-order valence-corrected chi connectivity index (χ4v) is 11.2. The lowest BCUT2D eigenvalue weighted by molar-refractivity contribution is -0.132. The van der Waals surface area contributed by atoms with Crippen LogP contribution in [0.2, 0.25) is 0 Å². The van der Waals surface area contributed by atoms with Crippen LogP contribution in [0.1, 0.15) is 386 Å². The highest BCUT2D eigenvalue weighted by Gasteiger charge is 2.28. The number of carbonyl (C=O) groups is 1. The minimum absolute atomic E-state index is 0.367. The average molecular weight is 1070 g/mol. The normalized spacial score (nSPS) is 13.6. The number of aliphatic hydroxyl groups excluding tert-OH is 4. The van der Waals surface area contributed by atoms with Crippen molar-refractivity contribution < 1.29 is 25.2 Å². The number of hydrogen-bond acceptors (Lipinski definition) is 5. The quantitative estimate of drug-likeness (QED) is 0.0308. The Balaban J connectivity index is 3.56. The Labute approximate surface area is 475 Å². The number of aliphatic hydroxyl groups is 4. The van der Waals surface area contributed by atoms with Crippen LogP contribution in [0, 0.1) is 0 Å². The van der Waals surface area contributed by atoms with Crippen LogP contribution in [-0.2, 0) is 4.79 Å². The van der Waals surface area contributed by atoms with Crippen molar-refractivity contribution in [2.24, 2.45) is 0 Å². The molecule has 76 heavy (non-hydrogen) atoms. The molecule has 0 spiro atoms. The van der Waals surface area contributed by atoms with E-state index in [1.807, 2.05) is 0 Å². The van der Waals surface area contributed by atoms with Gasteiger partial charge in [-0.15, -0.1) is 0 Å². The highest BCUT2D eigenvalue weighted by atomic mass is 16.3. The summed E-state index contributed by atoms with van der Waals surface area (Å²) in [5.74, 6) is -0.586. The summed E-state index contributed by atoms with van der Waals surface area (Å²) < 4.78 is 0. The van der Waals surface area contributed by atoms with Crippen molar-refractivity contribution in [1.82, 2.24) is 5.32 Å². The van der Waals surface area contributed by atoms with Gasteiger partial charge in [0, 0.05) is 0 Å². The molecular formula is C70H137NO5. The number of rotatable bonds is 65. The monoisotopic (exact) mass is 1070 g/mol. The molecule has 0 aliphatic heterocycles. The highest BCUT2D eigenvalue weighted by Crippen LogP contribution is 2.19. The van der Waals surface area contributed by atoms with Crippen molar-refractivity contribution in [2.45, 2.75) is 411 Å². The second-order valence-corrected chi connectivity index (χ2v) is 24.2. The first-order valence-corrected chi connectivity index (χ1v) is 34.7. The van der Waals surface area contributed by atoms with E-state index in [2.05, 4.69) is 43.5 Å². The van der Waals surface area contributed by atoms with Gasteiger partial charge in [0.1, 0.15) is 12.2 Å². The minimum atomic E-state index is -1.28. The van der Waals surface area contributed by atoms with Crippen molar-refractivity contribution in [3.63, 3.8) is 0 Å². The van der Waals surface area contributed by atoms with Crippen LogP contribution in [0.15, 0.2) is 24.3 Å². The number of unbranched alkanes of at least 4 members (excludes halogenated alkanes) is 52.